The smallest absolute Gasteiger partial charge is 0.309 e. The fraction of sp³-hybridized carbons (Fsp3) is 0.611. The first-order valence-electron chi connectivity index (χ1n) is 8.18. The maximum absolute atomic E-state index is 12.4. The Morgan fingerprint density at radius 2 is 2.09 bits per heavy atom. The first-order valence-corrected chi connectivity index (χ1v) is 8.18. The van der Waals surface area contributed by atoms with Gasteiger partial charge >= 0.3 is 5.97 Å². The summed E-state index contributed by atoms with van der Waals surface area (Å²) in [5.41, 5.74) is 1.36. The molecule has 0 aromatic heterocycles. The van der Waals surface area contributed by atoms with Gasteiger partial charge in [-0.1, -0.05) is 30.3 Å². The largest absolute Gasteiger partial charge is 0.466 e. The molecule has 0 spiro atoms. The second-order valence-corrected chi connectivity index (χ2v) is 6.60. The third-order valence-electron chi connectivity index (χ3n) is 5.02. The normalized spacial score (nSPS) is 27.9. The van der Waals surface area contributed by atoms with Crippen LogP contribution in [0, 0.1) is 5.92 Å². The zero-order valence-electron chi connectivity index (χ0n) is 13.5. The maximum atomic E-state index is 12.4. The number of nitrogens with zero attached hydrogens (tertiary/aromatic N) is 1. The van der Waals surface area contributed by atoms with Gasteiger partial charge < -0.3 is 9.47 Å². The Balaban J connectivity index is 1.81. The highest BCUT2D eigenvalue weighted by Crippen LogP contribution is 2.38. The molecule has 2 aliphatic rings. The molecule has 2 atom stereocenters. The van der Waals surface area contributed by atoms with E-state index in [-0.39, 0.29) is 23.3 Å². The van der Waals surface area contributed by atoms with E-state index in [9.17, 15) is 4.79 Å². The van der Waals surface area contributed by atoms with Crippen LogP contribution in [0.2, 0.25) is 0 Å². The topological polar surface area (TPSA) is 38.8 Å². The Hall–Kier alpha value is -1.39. The van der Waals surface area contributed by atoms with Gasteiger partial charge in [0.2, 0.25) is 0 Å². The summed E-state index contributed by atoms with van der Waals surface area (Å²) in [6.07, 6.45) is 0.855. The molecular formula is C18H25NO3. The van der Waals surface area contributed by atoms with Crippen molar-refractivity contribution in [3.05, 3.63) is 35.9 Å². The van der Waals surface area contributed by atoms with E-state index in [1.165, 1.54) is 5.56 Å². The number of esters is 1. The van der Waals surface area contributed by atoms with Crippen molar-refractivity contribution < 1.29 is 14.3 Å². The van der Waals surface area contributed by atoms with E-state index in [2.05, 4.69) is 24.0 Å². The van der Waals surface area contributed by atoms with E-state index in [0.717, 1.165) is 32.7 Å². The minimum atomic E-state index is -0.0500. The number of benzene rings is 1. The lowest BCUT2D eigenvalue weighted by atomic mass is 9.78. The molecule has 120 valence electrons. The van der Waals surface area contributed by atoms with Crippen LogP contribution in [0.5, 0.6) is 0 Å². The summed E-state index contributed by atoms with van der Waals surface area (Å²) >= 11 is 0. The molecule has 2 fully saturated rings. The minimum Gasteiger partial charge on any atom is -0.466 e. The lowest BCUT2D eigenvalue weighted by molar-refractivity contribution is -0.159. The predicted octanol–water partition coefficient (Wildman–Crippen LogP) is 2.44. The monoisotopic (exact) mass is 303 g/mol. The third kappa shape index (κ3) is 2.90. The van der Waals surface area contributed by atoms with E-state index in [0.29, 0.717) is 6.61 Å². The molecule has 0 amide bonds. The molecule has 0 bridgehead atoms. The summed E-state index contributed by atoms with van der Waals surface area (Å²) < 4.78 is 10.7. The fourth-order valence-electron chi connectivity index (χ4n) is 3.59. The molecule has 2 heterocycles. The van der Waals surface area contributed by atoms with Gasteiger partial charge in [-0.3, -0.25) is 9.69 Å². The zero-order valence-corrected chi connectivity index (χ0v) is 13.5. The van der Waals surface area contributed by atoms with Crippen LogP contribution in [0.15, 0.2) is 30.3 Å². The Kier molecular flexibility index (Phi) is 4.50. The SMILES string of the molecule is CCOC(=O)[C@@H]1CCN(C2(C)COC2)C[C@H]1c1ccccc1. The van der Waals surface area contributed by atoms with Crippen molar-refractivity contribution in [3.8, 4) is 0 Å². The van der Waals surface area contributed by atoms with E-state index in [4.69, 9.17) is 9.47 Å². The van der Waals surface area contributed by atoms with Crippen LogP contribution in [0.3, 0.4) is 0 Å². The van der Waals surface area contributed by atoms with Crippen molar-refractivity contribution in [2.75, 3.05) is 32.9 Å². The lowest BCUT2D eigenvalue weighted by Gasteiger charge is -2.51. The zero-order chi connectivity index (χ0) is 15.6. The van der Waals surface area contributed by atoms with E-state index in [1.807, 2.05) is 25.1 Å². The Bertz CT molecular complexity index is 512. The van der Waals surface area contributed by atoms with Crippen LogP contribution in [-0.4, -0.2) is 49.3 Å². The summed E-state index contributed by atoms with van der Waals surface area (Å²) in [7, 11) is 0. The number of carbonyl (C=O) groups is 1. The molecule has 0 N–H and O–H groups in total. The van der Waals surface area contributed by atoms with Crippen molar-refractivity contribution in [2.45, 2.75) is 31.7 Å². The highest BCUT2D eigenvalue weighted by Gasteiger charge is 2.45. The van der Waals surface area contributed by atoms with Crippen molar-refractivity contribution in [1.29, 1.82) is 0 Å². The van der Waals surface area contributed by atoms with Crippen LogP contribution >= 0.6 is 0 Å². The molecule has 1 aromatic carbocycles. The number of likely N-dealkylation sites (tertiary alicyclic amines) is 1. The minimum absolute atomic E-state index is 0.0387. The number of piperidine rings is 1. The van der Waals surface area contributed by atoms with Crippen LogP contribution < -0.4 is 0 Å². The van der Waals surface area contributed by atoms with Crippen LogP contribution in [0.1, 0.15) is 31.7 Å². The highest BCUT2D eigenvalue weighted by atomic mass is 16.5. The summed E-state index contributed by atoms with van der Waals surface area (Å²) in [5, 5.41) is 0. The van der Waals surface area contributed by atoms with Gasteiger partial charge in [0.25, 0.3) is 0 Å². The second-order valence-electron chi connectivity index (χ2n) is 6.60. The molecule has 4 heteroatoms. The van der Waals surface area contributed by atoms with Crippen molar-refractivity contribution in [2.24, 2.45) is 5.92 Å². The van der Waals surface area contributed by atoms with Gasteiger partial charge in [0.15, 0.2) is 0 Å². The van der Waals surface area contributed by atoms with Crippen LogP contribution in [-0.2, 0) is 14.3 Å². The molecule has 0 saturated carbocycles. The Morgan fingerprint density at radius 3 is 2.68 bits per heavy atom. The first-order chi connectivity index (χ1) is 10.6. The molecule has 2 aliphatic heterocycles. The average molecular weight is 303 g/mol. The quantitative estimate of drug-likeness (QED) is 0.801. The second kappa shape index (κ2) is 6.39. The first kappa shape index (κ1) is 15.5. The van der Waals surface area contributed by atoms with Gasteiger partial charge in [0, 0.05) is 12.5 Å². The van der Waals surface area contributed by atoms with E-state index >= 15 is 0 Å². The molecule has 22 heavy (non-hydrogen) atoms. The van der Waals surface area contributed by atoms with Gasteiger partial charge in [-0.15, -0.1) is 0 Å². The Morgan fingerprint density at radius 1 is 1.36 bits per heavy atom. The number of hydrogen-bond acceptors (Lipinski definition) is 4. The number of rotatable bonds is 4. The molecule has 4 nitrogen and oxygen atoms in total. The molecular weight excluding hydrogens is 278 g/mol. The van der Waals surface area contributed by atoms with Gasteiger partial charge in [0.1, 0.15) is 0 Å². The van der Waals surface area contributed by atoms with E-state index in [1.54, 1.807) is 0 Å². The average Bonchev–Trinajstić information content (AvgIpc) is 2.53. The lowest BCUT2D eigenvalue weighted by Crippen LogP contribution is -2.63. The summed E-state index contributed by atoms with van der Waals surface area (Å²) in [4.78, 5) is 14.8. The number of hydrogen-bond donors (Lipinski definition) is 0. The molecule has 1 aromatic rings. The van der Waals surface area contributed by atoms with Gasteiger partial charge in [-0.05, 0) is 32.4 Å². The predicted molar refractivity (Wildman–Crippen MR) is 84.7 cm³/mol. The number of carbonyl (C=O) groups excluding carboxylic acids is 1. The Labute approximate surface area is 132 Å². The van der Waals surface area contributed by atoms with Gasteiger partial charge in [0.05, 0.1) is 31.3 Å². The van der Waals surface area contributed by atoms with Crippen molar-refractivity contribution in [3.63, 3.8) is 0 Å². The van der Waals surface area contributed by atoms with Crippen molar-refractivity contribution in [1.82, 2.24) is 4.90 Å². The van der Waals surface area contributed by atoms with Crippen LogP contribution in [0.25, 0.3) is 0 Å². The molecule has 0 aliphatic carbocycles. The van der Waals surface area contributed by atoms with Crippen molar-refractivity contribution >= 4 is 5.97 Å². The number of ether oxygens (including phenoxy) is 2. The molecule has 2 saturated heterocycles. The van der Waals surface area contributed by atoms with Gasteiger partial charge in [-0.25, -0.2) is 0 Å². The highest BCUT2D eigenvalue weighted by molar-refractivity contribution is 5.74. The van der Waals surface area contributed by atoms with Gasteiger partial charge in [-0.2, -0.15) is 0 Å². The summed E-state index contributed by atoms with van der Waals surface area (Å²) in [6, 6.07) is 10.4. The standard InChI is InChI=1S/C18H25NO3/c1-3-22-17(20)15-9-10-19(18(2)12-21-13-18)11-16(15)14-7-5-4-6-8-14/h4-8,15-16H,3,9-13H2,1-2H3/t15-,16+/m1/s1. The maximum Gasteiger partial charge on any atom is 0.309 e. The van der Waals surface area contributed by atoms with E-state index < -0.39 is 0 Å². The fourth-order valence-corrected chi connectivity index (χ4v) is 3.59. The third-order valence-corrected chi connectivity index (χ3v) is 5.02. The summed E-state index contributed by atoms with van der Waals surface area (Å²) in [6.45, 7) is 7.99. The molecule has 0 unspecified atom stereocenters. The van der Waals surface area contributed by atoms with Crippen LogP contribution in [0.4, 0.5) is 0 Å². The molecule has 0 radical (unpaired) electrons. The molecule has 3 rings (SSSR count). The summed E-state index contributed by atoms with van der Waals surface area (Å²) in [5.74, 6) is 0.112.